The second-order valence-corrected chi connectivity index (χ2v) is 14.0. The summed E-state index contributed by atoms with van der Waals surface area (Å²) in [6.07, 6.45) is 0. The van der Waals surface area contributed by atoms with Crippen molar-refractivity contribution in [1.82, 2.24) is 7.91 Å². The van der Waals surface area contributed by atoms with Crippen LogP contribution in [0.4, 0.5) is 0 Å². The topological polar surface area (TPSA) is 79.5 Å². The fraction of sp³-hybridized carbons (Fsp3) is 0.139. The summed E-state index contributed by atoms with van der Waals surface area (Å²) in [7, 11) is 0. The van der Waals surface area contributed by atoms with E-state index in [4.69, 9.17) is 32.7 Å². The molecule has 0 aliphatic carbocycles. The lowest BCUT2D eigenvalue weighted by Gasteiger charge is -2.28. The highest BCUT2D eigenvalue weighted by atomic mass is 35.5. The van der Waals surface area contributed by atoms with Crippen LogP contribution in [0, 0.1) is 0 Å². The third-order valence-corrected chi connectivity index (χ3v) is 9.72. The van der Waals surface area contributed by atoms with E-state index in [0.717, 1.165) is 22.3 Å². The van der Waals surface area contributed by atoms with Gasteiger partial charge in [-0.15, -0.1) is 0 Å². The summed E-state index contributed by atoms with van der Waals surface area (Å²) in [5.74, 6) is -0.869. The van der Waals surface area contributed by atoms with Gasteiger partial charge in [0.2, 0.25) is 5.79 Å². The number of hydrogen-bond acceptors (Lipinski definition) is 7. The Balaban J connectivity index is 0.000000186. The van der Waals surface area contributed by atoms with Gasteiger partial charge in [-0.1, -0.05) is 132 Å². The first kappa shape index (κ1) is 32.8. The maximum Gasteiger partial charge on any atom is 1.00 e. The largest absolute Gasteiger partial charge is 1.00 e. The molecule has 0 bridgehead atoms. The van der Waals surface area contributed by atoms with Crippen LogP contribution < -0.4 is 11.1 Å². The Hall–Kier alpha value is -4.09. The van der Waals surface area contributed by atoms with E-state index in [1.54, 1.807) is 32.2 Å². The molecule has 7 nitrogen and oxygen atoms in total. The van der Waals surface area contributed by atoms with E-state index >= 15 is 0 Å². The number of carbonyl (C=O) groups is 1. The first-order chi connectivity index (χ1) is 22.8. The molecule has 0 atom stereocenters. The number of rotatable bonds is 8. The molecule has 1 saturated heterocycles. The van der Waals surface area contributed by atoms with E-state index in [1.165, 1.54) is 35.2 Å². The number of ether oxygens (including phenoxy) is 2. The van der Waals surface area contributed by atoms with Crippen LogP contribution in [0.2, 0.25) is 8.67 Å². The van der Waals surface area contributed by atoms with Gasteiger partial charge in [-0.25, -0.2) is 0 Å². The van der Waals surface area contributed by atoms with Crippen LogP contribution in [0.25, 0.3) is 0 Å². The molecule has 47 heavy (non-hydrogen) atoms. The summed E-state index contributed by atoms with van der Waals surface area (Å²) in [5, 5.41) is 0. The van der Waals surface area contributed by atoms with Crippen LogP contribution in [-0.4, -0.2) is 26.9 Å². The van der Waals surface area contributed by atoms with E-state index < -0.39 is 5.79 Å². The van der Waals surface area contributed by atoms with Crippen molar-refractivity contribution in [2.45, 2.75) is 18.9 Å². The number of aromatic nitrogens is 2. The van der Waals surface area contributed by atoms with Crippen LogP contribution in [0.5, 0.6) is 0 Å². The third kappa shape index (κ3) is 7.73. The Morgan fingerprint density at radius 3 is 1.53 bits per heavy atom. The molecule has 0 radical (unpaired) electrons. The molecule has 3 heterocycles. The Kier molecular flexibility index (Phi) is 10.3. The average Bonchev–Trinajstić information content (AvgIpc) is 3.81. The standard InChI is InChI=1S/C19H16ClNO3S.C17H12ClNO2S/c20-17-12-18(22)21(25-17)13-14-6-8-16(9-7-14)19(23-10-11-24-19)15-4-2-1-3-5-15;18-15-10-16(20)19(22-15)11-12-6-8-14(9-7-12)17(21)13-4-2-1-3-5-13/h1-9,12H,10-11,13H2;1-10H,11H2/p+1. The van der Waals surface area contributed by atoms with Gasteiger partial charge in [0.25, 0.3) is 11.1 Å². The van der Waals surface area contributed by atoms with Gasteiger partial charge >= 0.3 is 1.43 Å². The Labute approximate surface area is 290 Å². The molecule has 7 rings (SSSR count). The molecule has 0 spiro atoms. The zero-order valence-electron chi connectivity index (χ0n) is 25.9. The van der Waals surface area contributed by atoms with Gasteiger partial charge in [0.1, 0.15) is 8.67 Å². The maximum atomic E-state index is 12.3. The summed E-state index contributed by atoms with van der Waals surface area (Å²) >= 11 is 14.2. The summed E-state index contributed by atoms with van der Waals surface area (Å²) in [4.78, 5) is 35.7. The smallest absolute Gasteiger partial charge is 0.340 e. The molecule has 4 aromatic carbocycles. The van der Waals surface area contributed by atoms with Crippen LogP contribution in [0.1, 0.15) is 39.6 Å². The van der Waals surface area contributed by atoms with Crippen molar-refractivity contribution in [2.75, 3.05) is 13.2 Å². The normalized spacial score (nSPS) is 13.6. The average molecular weight is 705 g/mol. The molecule has 0 N–H and O–H groups in total. The fourth-order valence-electron chi connectivity index (χ4n) is 5.16. The molecule has 238 valence electrons. The highest BCUT2D eigenvalue weighted by Gasteiger charge is 2.40. The number of nitrogens with zero attached hydrogens (tertiary/aromatic N) is 2. The summed E-state index contributed by atoms with van der Waals surface area (Å²) in [5.41, 5.74) is 4.98. The monoisotopic (exact) mass is 703 g/mol. The Bertz CT molecular complexity index is 2070. The zero-order valence-corrected chi connectivity index (χ0v) is 28.0. The first-order valence-electron chi connectivity index (χ1n) is 14.7. The van der Waals surface area contributed by atoms with Crippen LogP contribution >= 0.6 is 46.3 Å². The van der Waals surface area contributed by atoms with E-state index in [2.05, 4.69) is 0 Å². The summed E-state index contributed by atoms with van der Waals surface area (Å²) < 4.78 is 16.2. The van der Waals surface area contributed by atoms with Crippen molar-refractivity contribution >= 4 is 52.1 Å². The highest BCUT2D eigenvalue weighted by Crippen LogP contribution is 2.38. The second kappa shape index (κ2) is 14.8. The molecule has 1 aliphatic heterocycles. The van der Waals surface area contributed by atoms with E-state index in [0.29, 0.717) is 46.1 Å². The molecule has 1 fully saturated rings. The predicted molar refractivity (Wildman–Crippen MR) is 188 cm³/mol. The van der Waals surface area contributed by atoms with Gasteiger partial charge in [-0.3, -0.25) is 22.3 Å². The first-order valence-corrected chi connectivity index (χ1v) is 17.0. The molecule has 11 heteroatoms. The minimum Gasteiger partial charge on any atom is -0.340 e. The Morgan fingerprint density at radius 1 is 0.638 bits per heavy atom. The van der Waals surface area contributed by atoms with Crippen molar-refractivity contribution in [2.24, 2.45) is 0 Å². The van der Waals surface area contributed by atoms with E-state index in [-0.39, 0.29) is 18.3 Å². The lowest BCUT2D eigenvalue weighted by molar-refractivity contribution is -0.129. The lowest BCUT2D eigenvalue weighted by atomic mass is 9.96. The van der Waals surface area contributed by atoms with E-state index in [1.807, 2.05) is 84.9 Å². The minimum atomic E-state index is -0.858. The fourth-order valence-corrected chi connectivity index (χ4v) is 7.29. The number of ketones is 1. The van der Waals surface area contributed by atoms with Gasteiger partial charge < -0.3 is 9.47 Å². The SMILES string of the molecule is O=C(c1ccccc1)c1ccc(Cn2sc(Cl)cc2=O)cc1.O=c1cc(Cl)sn1Cc1ccc(C2(c3ccccc3)OCCO2)cc1.[H+]. The summed E-state index contributed by atoms with van der Waals surface area (Å²) in [6.45, 7) is 2.06. The highest BCUT2D eigenvalue weighted by molar-refractivity contribution is 7.11. The Morgan fingerprint density at radius 2 is 1.06 bits per heavy atom. The number of carbonyl (C=O) groups excluding carboxylic acids is 1. The number of benzene rings is 4. The predicted octanol–water partition coefficient (Wildman–Crippen LogP) is 7.81. The maximum absolute atomic E-state index is 12.3. The van der Waals surface area contributed by atoms with Crippen molar-refractivity contribution in [3.63, 3.8) is 0 Å². The molecule has 1 aliphatic rings. The van der Waals surface area contributed by atoms with Gasteiger partial charge in [-0.05, 0) is 34.2 Å². The molecular weight excluding hydrogens is 675 g/mol. The van der Waals surface area contributed by atoms with Crippen molar-refractivity contribution in [1.29, 1.82) is 0 Å². The van der Waals surface area contributed by atoms with Gasteiger partial charge in [-0.2, -0.15) is 0 Å². The van der Waals surface area contributed by atoms with Gasteiger partial charge in [0.05, 0.1) is 26.3 Å². The number of halogens is 2. The van der Waals surface area contributed by atoms with Crippen molar-refractivity contribution in [3.05, 3.63) is 184 Å². The molecule has 6 aromatic rings. The van der Waals surface area contributed by atoms with Gasteiger partial charge in [0, 0.05) is 34.4 Å². The molecule has 2 aromatic heterocycles. The van der Waals surface area contributed by atoms with Crippen LogP contribution in [0.3, 0.4) is 0 Å². The zero-order chi connectivity index (χ0) is 32.8. The van der Waals surface area contributed by atoms with Crippen LogP contribution in [-0.2, 0) is 28.4 Å². The molecule has 0 saturated carbocycles. The quantitative estimate of drug-likeness (QED) is 0.151. The lowest BCUT2D eigenvalue weighted by Crippen LogP contribution is -2.28. The van der Waals surface area contributed by atoms with Crippen LogP contribution in [0.15, 0.2) is 131 Å². The van der Waals surface area contributed by atoms with Crippen molar-refractivity contribution < 1.29 is 15.7 Å². The molecule has 0 amide bonds. The van der Waals surface area contributed by atoms with E-state index in [9.17, 15) is 14.4 Å². The van der Waals surface area contributed by atoms with Crippen molar-refractivity contribution in [3.8, 4) is 0 Å². The summed E-state index contributed by atoms with van der Waals surface area (Å²) in [6, 6.07) is 37.2. The van der Waals surface area contributed by atoms with Gasteiger partial charge in [0.15, 0.2) is 5.78 Å². The third-order valence-electron chi connectivity index (χ3n) is 7.45. The number of hydrogen-bond donors (Lipinski definition) is 0. The minimum absolute atomic E-state index is 0. The molecule has 0 unspecified atom stereocenters. The molecular formula is C36H29Cl2N2O5S2+. The second-order valence-electron chi connectivity index (χ2n) is 10.6.